The molecule has 0 radical (unpaired) electrons. The highest BCUT2D eigenvalue weighted by molar-refractivity contribution is 6.01. The Bertz CT molecular complexity index is 776. The summed E-state index contributed by atoms with van der Waals surface area (Å²) in [6, 6.07) is 5.24. The van der Waals surface area contributed by atoms with Crippen LogP contribution in [-0.4, -0.2) is 43.2 Å². The van der Waals surface area contributed by atoms with Gasteiger partial charge >= 0.3 is 6.03 Å². The van der Waals surface area contributed by atoms with Gasteiger partial charge in [-0.1, -0.05) is 6.07 Å². The highest BCUT2D eigenvalue weighted by atomic mass is 19.1. The van der Waals surface area contributed by atoms with E-state index in [4.69, 9.17) is 0 Å². The summed E-state index contributed by atoms with van der Waals surface area (Å²) in [6.07, 6.45) is 5.11. The van der Waals surface area contributed by atoms with Gasteiger partial charge in [0.1, 0.15) is 11.5 Å². The van der Waals surface area contributed by atoms with E-state index in [-0.39, 0.29) is 0 Å². The Morgan fingerprint density at radius 2 is 1.96 bits per heavy atom. The zero-order chi connectivity index (χ0) is 18.5. The van der Waals surface area contributed by atoms with Crippen LogP contribution in [0.2, 0.25) is 0 Å². The minimum absolute atomic E-state index is 0.375. The predicted octanol–water partition coefficient (Wildman–Crippen LogP) is 3.32. The second kappa shape index (κ2) is 7.99. The molecule has 7 nitrogen and oxygen atoms in total. The normalized spacial score (nSPS) is 14.0. The summed E-state index contributed by atoms with van der Waals surface area (Å²) in [5, 5.41) is 5.33. The van der Waals surface area contributed by atoms with Gasteiger partial charge in [0.15, 0.2) is 5.82 Å². The molecule has 0 atom stereocenters. The summed E-state index contributed by atoms with van der Waals surface area (Å²) < 4.78 is 13.2. The van der Waals surface area contributed by atoms with E-state index in [1.165, 1.54) is 24.6 Å². The number of carbonyl (C=O) groups is 1. The van der Waals surface area contributed by atoms with Crippen LogP contribution in [0.4, 0.5) is 32.3 Å². The van der Waals surface area contributed by atoms with Crippen molar-refractivity contribution in [1.82, 2.24) is 9.97 Å². The molecule has 26 heavy (non-hydrogen) atoms. The van der Waals surface area contributed by atoms with E-state index in [9.17, 15) is 9.18 Å². The molecule has 8 heteroatoms. The van der Waals surface area contributed by atoms with Crippen LogP contribution in [0.25, 0.3) is 0 Å². The van der Waals surface area contributed by atoms with Crippen molar-refractivity contribution in [2.24, 2.45) is 0 Å². The Kier molecular flexibility index (Phi) is 5.50. The Balaban J connectivity index is 1.74. The number of carbonyl (C=O) groups excluding carboxylic acids is 1. The summed E-state index contributed by atoms with van der Waals surface area (Å²) >= 11 is 0. The van der Waals surface area contributed by atoms with Gasteiger partial charge in [-0.2, -0.15) is 4.98 Å². The monoisotopic (exact) mass is 358 g/mol. The molecule has 1 saturated heterocycles. The molecule has 0 spiro atoms. The molecule has 2 aromatic rings. The van der Waals surface area contributed by atoms with Crippen LogP contribution in [0.1, 0.15) is 19.3 Å². The summed E-state index contributed by atoms with van der Waals surface area (Å²) in [4.78, 5) is 25.2. The first-order valence-corrected chi connectivity index (χ1v) is 8.66. The number of urea groups is 1. The molecule has 1 fully saturated rings. The van der Waals surface area contributed by atoms with Crippen LogP contribution in [-0.2, 0) is 0 Å². The van der Waals surface area contributed by atoms with Crippen molar-refractivity contribution in [3.63, 3.8) is 0 Å². The fourth-order valence-electron chi connectivity index (χ4n) is 2.89. The highest BCUT2D eigenvalue weighted by Crippen LogP contribution is 2.25. The van der Waals surface area contributed by atoms with E-state index < -0.39 is 11.8 Å². The van der Waals surface area contributed by atoms with E-state index >= 15 is 0 Å². The number of aromatic nitrogens is 2. The van der Waals surface area contributed by atoms with Crippen LogP contribution < -0.4 is 20.4 Å². The van der Waals surface area contributed by atoms with Gasteiger partial charge in [-0.25, -0.2) is 14.2 Å². The number of hydrogen-bond acceptors (Lipinski definition) is 5. The Hall–Kier alpha value is -2.90. The molecule has 138 valence electrons. The summed E-state index contributed by atoms with van der Waals surface area (Å²) in [7, 11) is 3.72. The van der Waals surface area contributed by atoms with E-state index in [2.05, 4.69) is 25.5 Å². The maximum atomic E-state index is 13.2. The maximum Gasteiger partial charge on any atom is 0.323 e. The van der Waals surface area contributed by atoms with Crippen LogP contribution in [0.5, 0.6) is 0 Å². The molecule has 2 amide bonds. The predicted molar refractivity (Wildman–Crippen MR) is 101 cm³/mol. The van der Waals surface area contributed by atoms with Gasteiger partial charge in [0.2, 0.25) is 5.95 Å². The van der Waals surface area contributed by atoms with Crippen LogP contribution in [0.15, 0.2) is 30.5 Å². The van der Waals surface area contributed by atoms with E-state index in [0.717, 1.165) is 25.9 Å². The molecule has 1 aromatic heterocycles. The first kappa shape index (κ1) is 17.9. The molecule has 0 bridgehead atoms. The Labute approximate surface area is 152 Å². The molecule has 2 N–H and O–H groups in total. The fraction of sp³-hybridized carbons (Fsp3) is 0.389. The lowest BCUT2D eigenvalue weighted by Crippen LogP contribution is -2.31. The number of anilines is 4. The number of nitrogens with one attached hydrogen (secondary N) is 2. The van der Waals surface area contributed by atoms with Gasteiger partial charge in [-0.15, -0.1) is 0 Å². The van der Waals surface area contributed by atoms with Crippen molar-refractivity contribution in [3.05, 3.63) is 36.3 Å². The van der Waals surface area contributed by atoms with Gasteiger partial charge in [0.25, 0.3) is 0 Å². The molecule has 2 heterocycles. The molecule has 0 unspecified atom stereocenters. The van der Waals surface area contributed by atoms with Crippen molar-refractivity contribution >= 4 is 29.2 Å². The van der Waals surface area contributed by atoms with Crippen molar-refractivity contribution < 1.29 is 9.18 Å². The van der Waals surface area contributed by atoms with Gasteiger partial charge in [0.05, 0.1) is 6.20 Å². The fourth-order valence-corrected chi connectivity index (χ4v) is 2.89. The minimum Gasteiger partial charge on any atom is -0.361 e. The molecule has 1 aliphatic heterocycles. The Morgan fingerprint density at radius 3 is 2.65 bits per heavy atom. The maximum absolute atomic E-state index is 13.2. The first-order chi connectivity index (χ1) is 12.5. The van der Waals surface area contributed by atoms with Crippen LogP contribution in [0.3, 0.4) is 0 Å². The summed E-state index contributed by atoms with van der Waals surface area (Å²) in [6.45, 7) is 1.89. The highest BCUT2D eigenvalue weighted by Gasteiger charge is 2.17. The lowest BCUT2D eigenvalue weighted by atomic mass is 10.1. The van der Waals surface area contributed by atoms with Gasteiger partial charge in [-0.3, -0.25) is 0 Å². The quantitative estimate of drug-likeness (QED) is 0.877. The number of piperidine rings is 1. The van der Waals surface area contributed by atoms with Crippen LogP contribution in [0, 0.1) is 5.82 Å². The summed E-state index contributed by atoms with van der Waals surface area (Å²) in [5.41, 5.74) is 0.865. The molecule has 0 aliphatic carbocycles. The molecular formula is C18H23FN6O. The first-order valence-electron chi connectivity index (χ1n) is 8.66. The topological polar surface area (TPSA) is 73.4 Å². The Morgan fingerprint density at radius 1 is 1.19 bits per heavy atom. The molecule has 1 aromatic carbocycles. The van der Waals surface area contributed by atoms with Crippen molar-refractivity contribution in [2.45, 2.75) is 19.3 Å². The third-order valence-corrected chi connectivity index (χ3v) is 4.15. The molecule has 3 rings (SSSR count). The average Bonchev–Trinajstić information content (AvgIpc) is 2.62. The third kappa shape index (κ3) is 4.38. The molecular weight excluding hydrogens is 335 g/mol. The van der Waals surface area contributed by atoms with E-state index in [1.54, 1.807) is 12.3 Å². The van der Waals surface area contributed by atoms with E-state index in [0.29, 0.717) is 23.1 Å². The standard InChI is InChI=1S/C18H23FN6O/c1-24(2)16-15(12-20-17(23-16)25-9-4-3-5-10-25)22-18(26)21-14-8-6-7-13(19)11-14/h6-8,11-12H,3-5,9-10H2,1-2H3,(H2,21,22,26). The van der Waals surface area contributed by atoms with Crippen molar-refractivity contribution in [3.8, 4) is 0 Å². The zero-order valence-corrected chi connectivity index (χ0v) is 15.0. The number of benzene rings is 1. The second-order valence-electron chi connectivity index (χ2n) is 6.44. The van der Waals surface area contributed by atoms with Crippen molar-refractivity contribution in [2.75, 3.05) is 47.6 Å². The van der Waals surface area contributed by atoms with E-state index in [1.807, 2.05) is 19.0 Å². The molecule has 0 saturated carbocycles. The molecule has 1 aliphatic rings. The van der Waals surface area contributed by atoms with Gasteiger partial charge < -0.3 is 20.4 Å². The number of nitrogens with zero attached hydrogens (tertiary/aromatic N) is 4. The van der Waals surface area contributed by atoms with Crippen LogP contribution >= 0.6 is 0 Å². The number of amides is 2. The lowest BCUT2D eigenvalue weighted by Gasteiger charge is -2.28. The minimum atomic E-state index is -0.479. The lowest BCUT2D eigenvalue weighted by molar-refractivity contribution is 0.262. The largest absolute Gasteiger partial charge is 0.361 e. The van der Waals surface area contributed by atoms with Gasteiger partial charge in [0, 0.05) is 32.9 Å². The SMILES string of the molecule is CN(C)c1nc(N2CCCCC2)ncc1NC(=O)Nc1cccc(F)c1. The zero-order valence-electron chi connectivity index (χ0n) is 15.0. The van der Waals surface area contributed by atoms with Gasteiger partial charge in [-0.05, 0) is 37.5 Å². The number of hydrogen-bond donors (Lipinski definition) is 2. The number of rotatable bonds is 4. The summed E-state index contributed by atoms with van der Waals surface area (Å²) in [5.74, 6) is 0.880. The smallest absolute Gasteiger partial charge is 0.323 e. The second-order valence-corrected chi connectivity index (χ2v) is 6.44. The number of halogens is 1. The van der Waals surface area contributed by atoms with Crippen molar-refractivity contribution in [1.29, 1.82) is 0 Å². The third-order valence-electron chi connectivity index (χ3n) is 4.15. The average molecular weight is 358 g/mol.